The molecule has 0 saturated carbocycles. The summed E-state index contributed by atoms with van der Waals surface area (Å²) in [5, 5.41) is 5.75. The van der Waals surface area contributed by atoms with Gasteiger partial charge in [-0.1, -0.05) is 36.4 Å². The van der Waals surface area contributed by atoms with E-state index in [0.29, 0.717) is 26.3 Å². The van der Waals surface area contributed by atoms with E-state index in [-0.39, 0.29) is 11.6 Å². The van der Waals surface area contributed by atoms with E-state index >= 15 is 0 Å². The predicted molar refractivity (Wildman–Crippen MR) is 108 cm³/mol. The minimum Gasteiger partial charge on any atom is -0.494 e. The maximum absolute atomic E-state index is 12.1. The number of urea groups is 1. The maximum Gasteiger partial charge on any atom is 0.315 e. The van der Waals surface area contributed by atoms with Crippen molar-refractivity contribution < 1.29 is 14.3 Å². The van der Waals surface area contributed by atoms with Crippen molar-refractivity contribution in [1.29, 1.82) is 0 Å². The highest BCUT2D eigenvalue weighted by Gasteiger charge is 2.10. The molecule has 0 radical (unpaired) electrons. The first kappa shape index (κ1) is 20.8. The molecule has 2 N–H and O–H groups in total. The van der Waals surface area contributed by atoms with Gasteiger partial charge in [-0.05, 0) is 56.5 Å². The SMILES string of the molecule is CCOc1cccc(CNC(=O)NCc2cccc(COC(C)(C)C)c2)c1. The van der Waals surface area contributed by atoms with Crippen LogP contribution >= 0.6 is 0 Å². The van der Waals surface area contributed by atoms with Gasteiger partial charge < -0.3 is 20.1 Å². The van der Waals surface area contributed by atoms with Crippen LogP contribution in [-0.4, -0.2) is 18.2 Å². The Bertz CT molecular complexity index is 738. The smallest absolute Gasteiger partial charge is 0.315 e. The number of hydrogen-bond acceptors (Lipinski definition) is 3. The maximum atomic E-state index is 12.1. The second kappa shape index (κ2) is 9.97. The zero-order valence-corrected chi connectivity index (χ0v) is 16.7. The van der Waals surface area contributed by atoms with Gasteiger partial charge in [-0.2, -0.15) is 0 Å². The van der Waals surface area contributed by atoms with Crippen LogP contribution in [0.5, 0.6) is 5.75 Å². The fourth-order valence-corrected chi connectivity index (χ4v) is 2.47. The van der Waals surface area contributed by atoms with E-state index in [4.69, 9.17) is 9.47 Å². The largest absolute Gasteiger partial charge is 0.494 e. The van der Waals surface area contributed by atoms with Gasteiger partial charge in [-0.25, -0.2) is 4.79 Å². The van der Waals surface area contributed by atoms with Crippen LogP contribution in [0.15, 0.2) is 48.5 Å². The highest BCUT2D eigenvalue weighted by molar-refractivity contribution is 5.73. The van der Waals surface area contributed by atoms with Crippen molar-refractivity contribution in [3.8, 4) is 5.75 Å². The molecule has 146 valence electrons. The Hall–Kier alpha value is -2.53. The molecule has 2 rings (SSSR count). The zero-order chi connectivity index (χ0) is 19.7. The van der Waals surface area contributed by atoms with Crippen molar-refractivity contribution in [2.75, 3.05) is 6.61 Å². The minimum absolute atomic E-state index is 0.173. The van der Waals surface area contributed by atoms with Crippen molar-refractivity contribution in [2.24, 2.45) is 0 Å². The van der Waals surface area contributed by atoms with Crippen LogP contribution in [0, 0.1) is 0 Å². The number of carbonyl (C=O) groups excluding carboxylic acids is 1. The van der Waals surface area contributed by atoms with Crippen molar-refractivity contribution in [3.63, 3.8) is 0 Å². The first-order valence-electron chi connectivity index (χ1n) is 9.31. The fourth-order valence-electron chi connectivity index (χ4n) is 2.47. The number of nitrogens with one attached hydrogen (secondary N) is 2. The average Bonchev–Trinajstić information content (AvgIpc) is 2.63. The lowest BCUT2D eigenvalue weighted by Gasteiger charge is -2.19. The first-order valence-corrected chi connectivity index (χ1v) is 9.31. The Morgan fingerprint density at radius 3 is 2.15 bits per heavy atom. The molecule has 0 spiro atoms. The third-order valence-corrected chi connectivity index (χ3v) is 3.78. The van der Waals surface area contributed by atoms with Crippen LogP contribution in [0.4, 0.5) is 4.79 Å². The Morgan fingerprint density at radius 1 is 0.926 bits per heavy atom. The normalized spacial score (nSPS) is 11.1. The highest BCUT2D eigenvalue weighted by atomic mass is 16.5. The van der Waals surface area contributed by atoms with E-state index in [2.05, 4.69) is 16.7 Å². The van der Waals surface area contributed by atoms with Crippen LogP contribution in [0.3, 0.4) is 0 Å². The Balaban J connectivity index is 1.79. The molecule has 27 heavy (non-hydrogen) atoms. The quantitative estimate of drug-likeness (QED) is 0.724. The molecule has 2 aromatic carbocycles. The summed E-state index contributed by atoms with van der Waals surface area (Å²) in [5.74, 6) is 0.812. The molecule has 5 heteroatoms. The van der Waals surface area contributed by atoms with Crippen LogP contribution in [0.25, 0.3) is 0 Å². The van der Waals surface area contributed by atoms with Gasteiger partial charge >= 0.3 is 6.03 Å². The van der Waals surface area contributed by atoms with E-state index in [0.717, 1.165) is 22.4 Å². The molecular weight excluding hydrogens is 340 g/mol. The van der Waals surface area contributed by atoms with Crippen LogP contribution in [0.1, 0.15) is 44.4 Å². The van der Waals surface area contributed by atoms with Gasteiger partial charge in [0, 0.05) is 13.1 Å². The molecule has 5 nitrogen and oxygen atoms in total. The molecule has 0 aliphatic heterocycles. The van der Waals surface area contributed by atoms with Crippen LogP contribution in [-0.2, 0) is 24.4 Å². The summed E-state index contributed by atoms with van der Waals surface area (Å²) in [6.45, 7) is 10.1. The molecule has 0 aromatic heterocycles. The summed E-state index contributed by atoms with van der Waals surface area (Å²) >= 11 is 0. The lowest BCUT2D eigenvalue weighted by Crippen LogP contribution is -2.34. The molecule has 0 saturated heterocycles. The third-order valence-electron chi connectivity index (χ3n) is 3.78. The first-order chi connectivity index (χ1) is 12.9. The predicted octanol–water partition coefficient (Wildman–Crippen LogP) is 4.40. The number of hydrogen-bond donors (Lipinski definition) is 2. The summed E-state index contributed by atoms with van der Waals surface area (Å²) in [6.07, 6.45) is 0. The molecule has 0 aliphatic rings. The molecule has 0 fully saturated rings. The van der Waals surface area contributed by atoms with Gasteiger partial charge in [0.25, 0.3) is 0 Å². The third kappa shape index (κ3) is 8.13. The number of ether oxygens (including phenoxy) is 2. The zero-order valence-electron chi connectivity index (χ0n) is 16.7. The van der Waals surface area contributed by atoms with Gasteiger partial charge in [-0.15, -0.1) is 0 Å². The summed E-state index contributed by atoms with van der Waals surface area (Å²) in [7, 11) is 0. The van der Waals surface area contributed by atoms with Gasteiger partial charge in [0.1, 0.15) is 5.75 Å². The molecule has 0 atom stereocenters. The Labute approximate surface area is 162 Å². The number of carbonyl (C=O) groups is 1. The molecular formula is C22H30N2O3. The van der Waals surface area contributed by atoms with E-state index in [1.165, 1.54) is 0 Å². The monoisotopic (exact) mass is 370 g/mol. The lowest BCUT2D eigenvalue weighted by atomic mass is 10.1. The Kier molecular flexibility index (Phi) is 7.67. The van der Waals surface area contributed by atoms with Crippen molar-refractivity contribution >= 4 is 6.03 Å². The fraction of sp³-hybridized carbons (Fsp3) is 0.409. The summed E-state index contributed by atoms with van der Waals surface area (Å²) in [5.41, 5.74) is 2.96. The standard InChI is InChI=1S/C22H30N2O3/c1-5-26-20-11-7-9-18(13-20)15-24-21(25)23-14-17-8-6-10-19(12-17)16-27-22(2,3)4/h6-13H,5,14-16H2,1-4H3,(H2,23,24,25). The minimum atomic E-state index is -0.201. The number of amides is 2. The summed E-state index contributed by atoms with van der Waals surface area (Å²) in [4.78, 5) is 12.1. The second-order valence-electron chi connectivity index (χ2n) is 7.34. The molecule has 2 amide bonds. The van der Waals surface area contributed by atoms with Gasteiger partial charge in [0.2, 0.25) is 0 Å². The van der Waals surface area contributed by atoms with Crippen molar-refractivity contribution in [3.05, 3.63) is 65.2 Å². The molecule has 0 heterocycles. The average molecular weight is 370 g/mol. The number of rotatable bonds is 8. The summed E-state index contributed by atoms with van der Waals surface area (Å²) < 4.78 is 11.3. The van der Waals surface area contributed by atoms with E-state index in [1.807, 2.05) is 70.2 Å². The van der Waals surface area contributed by atoms with Crippen LogP contribution < -0.4 is 15.4 Å². The molecule has 0 aliphatic carbocycles. The van der Waals surface area contributed by atoms with E-state index in [9.17, 15) is 4.79 Å². The van der Waals surface area contributed by atoms with Crippen molar-refractivity contribution in [2.45, 2.75) is 53.0 Å². The summed E-state index contributed by atoms with van der Waals surface area (Å²) in [6, 6.07) is 15.6. The van der Waals surface area contributed by atoms with Crippen LogP contribution in [0.2, 0.25) is 0 Å². The van der Waals surface area contributed by atoms with Crippen molar-refractivity contribution in [1.82, 2.24) is 10.6 Å². The van der Waals surface area contributed by atoms with E-state index in [1.54, 1.807) is 0 Å². The van der Waals surface area contributed by atoms with E-state index < -0.39 is 0 Å². The van der Waals surface area contributed by atoms with Gasteiger partial charge in [0.15, 0.2) is 0 Å². The Morgan fingerprint density at radius 2 is 1.52 bits per heavy atom. The number of benzene rings is 2. The molecule has 2 aromatic rings. The highest BCUT2D eigenvalue weighted by Crippen LogP contribution is 2.14. The van der Waals surface area contributed by atoms with Gasteiger partial charge in [-0.3, -0.25) is 0 Å². The molecule has 0 unspecified atom stereocenters. The molecule has 0 bridgehead atoms. The lowest BCUT2D eigenvalue weighted by molar-refractivity contribution is -0.0149. The second-order valence-corrected chi connectivity index (χ2v) is 7.34. The van der Waals surface area contributed by atoms with Gasteiger partial charge in [0.05, 0.1) is 18.8 Å². The topological polar surface area (TPSA) is 59.6 Å².